The molecule has 2 nitrogen and oxygen atoms in total. The normalized spacial score (nSPS) is 24.6. The molecule has 0 aromatic heterocycles. The fraction of sp³-hybridized carbons (Fsp3) is 0.538. The Balaban J connectivity index is 2.12. The van der Waals surface area contributed by atoms with Crippen LogP contribution in [0.5, 0.6) is 5.75 Å². The Morgan fingerprint density at radius 1 is 1.41 bits per heavy atom. The second-order valence-electron chi connectivity index (χ2n) is 4.82. The first-order chi connectivity index (χ1) is 8.06. The van der Waals surface area contributed by atoms with E-state index in [1.54, 1.807) is 6.07 Å². The average Bonchev–Trinajstić information content (AvgIpc) is 2.23. The number of hydrogen-bond acceptors (Lipinski definition) is 2. The lowest BCUT2D eigenvalue weighted by molar-refractivity contribution is 0.129. The predicted molar refractivity (Wildman–Crippen MR) is 75.6 cm³/mol. The van der Waals surface area contributed by atoms with Crippen molar-refractivity contribution in [3.63, 3.8) is 0 Å². The van der Waals surface area contributed by atoms with Gasteiger partial charge in [-0.2, -0.15) is 0 Å². The first-order valence-corrected chi connectivity index (χ1v) is 7.14. The summed E-state index contributed by atoms with van der Waals surface area (Å²) in [6.07, 6.45) is 5.03. The van der Waals surface area contributed by atoms with Crippen LogP contribution in [0.2, 0.25) is 5.02 Å². The zero-order valence-electron chi connectivity index (χ0n) is 9.88. The van der Waals surface area contributed by atoms with E-state index in [0.717, 1.165) is 29.0 Å². The van der Waals surface area contributed by atoms with E-state index in [1.165, 1.54) is 12.8 Å². The van der Waals surface area contributed by atoms with Gasteiger partial charge in [0.15, 0.2) is 5.75 Å². The summed E-state index contributed by atoms with van der Waals surface area (Å²) in [6, 6.07) is 3.55. The molecule has 0 radical (unpaired) electrons. The maximum atomic E-state index is 6.01. The minimum atomic E-state index is 0.276. The number of rotatable bonds is 2. The van der Waals surface area contributed by atoms with Crippen LogP contribution >= 0.6 is 27.5 Å². The molecule has 0 spiro atoms. The predicted octanol–water partition coefficient (Wildman–Crippen LogP) is 4.64. The summed E-state index contributed by atoms with van der Waals surface area (Å²) in [5.74, 6) is 1.47. The lowest BCUT2D eigenvalue weighted by Crippen LogP contribution is -2.24. The van der Waals surface area contributed by atoms with Gasteiger partial charge in [0.25, 0.3) is 0 Å². The van der Waals surface area contributed by atoms with Crippen LogP contribution in [-0.2, 0) is 0 Å². The molecule has 0 heterocycles. The lowest BCUT2D eigenvalue weighted by Gasteiger charge is -2.28. The maximum absolute atomic E-state index is 6.01. The van der Waals surface area contributed by atoms with Crippen LogP contribution in [0.3, 0.4) is 0 Å². The zero-order chi connectivity index (χ0) is 12.4. The number of ether oxygens (including phenoxy) is 1. The van der Waals surface area contributed by atoms with E-state index in [0.29, 0.717) is 10.7 Å². The van der Waals surface area contributed by atoms with Gasteiger partial charge in [0.1, 0.15) is 0 Å². The largest absolute Gasteiger partial charge is 0.487 e. The highest BCUT2D eigenvalue weighted by Gasteiger charge is 2.22. The van der Waals surface area contributed by atoms with Gasteiger partial charge in [0.05, 0.1) is 16.3 Å². The molecule has 2 N–H and O–H groups in total. The van der Waals surface area contributed by atoms with Crippen molar-refractivity contribution in [2.45, 2.75) is 38.7 Å². The van der Waals surface area contributed by atoms with Crippen molar-refractivity contribution < 1.29 is 4.74 Å². The molecule has 1 aliphatic carbocycles. The second-order valence-corrected chi connectivity index (χ2v) is 6.11. The molecule has 2 unspecified atom stereocenters. The molecular weight excluding hydrogens is 302 g/mol. The topological polar surface area (TPSA) is 35.2 Å². The molecule has 94 valence electrons. The van der Waals surface area contributed by atoms with E-state index in [9.17, 15) is 0 Å². The van der Waals surface area contributed by atoms with Gasteiger partial charge in [-0.25, -0.2) is 0 Å². The van der Waals surface area contributed by atoms with Crippen molar-refractivity contribution in [2.24, 2.45) is 5.92 Å². The van der Waals surface area contributed by atoms with E-state index < -0.39 is 0 Å². The molecule has 1 saturated carbocycles. The van der Waals surface area contributed by atoms with Crippen LogP contribution in [0, 0.1) is 5.92 Å². The van der Waals surface area contributed by atoms with Crippen molar-refractivity contribution in [3.8, 4) is 5.75 Å². The molecule has 17 heavy (non-hydrogen) atoms. The van der Waals surface area contributed by atoms with Gasteiger partial charge in [0.2, 0.25) is 0 Å². The summed E-state index contributed by atoms with van der Waals surface area (Å²) in [6.45, 7) is 2.27. The van der Waals surface area contributed by atoms with Crippen molar-refractivity contribution in [3.05, 3.63) is 21.6 Å². The van der Waals surface area contributed by atoms with Gasteiger partial charge >= 0.3 is 0 Å². The van der Waals surface area contributed by atoms with Gasteiger partial charge in [-0.1, -0.05) is 24.9 Å². The number of nitrogen functional groups attached to an aromatic ring is 1. The molecule has 0 amide bonds. The molecule has 1 aromatic rings. The van der Waals surface area contributed by atoms with E-state index in [1.807, 2.05) is 6.07 Å². The summed E-state index contributed by atoms with van der Waals surface area (Å²) in [4.78, 5) is 0. The SMILES string of the molecule is CC1CCCC(Oc2c(N)cc(Cl)cc2Br)C1. The molecule has 2 rings (SSSR count). The highest BCUT2D eigenvalue weighted by Crippen LogP contribution is 2.37. The molecule has 4 heteroatoms. The van der Waals surface area contributed by atoms with Crippen molar-refractivity contribution in [1.82, 2.24) is 0 Å². The minimum absolute atomic E-state index is 0.276. The first-order valence-electron chi connectivity index (χ1n) is 5.97. The standard InChI is InChI=1S/C13H17BrClNO/c1-8-3-2-4-10(5-8)17-13-11(14)6-9(15)7-12(13)16/h6-8,10H,2-5,16H2,1H3. The summed E-state index contributed by atoms with van der Waals surface area (Å²) >= 11 is 9.37. The Kier molecular flexibility index (Phi) is 4.21. The summed E-state index contributed by atoms with van der Waals surface area (Å²) < 4.78 is 6.85. The molecule has 0 aliphatic heterocycles. The van der Waals surface area contributed by atoms with Gasteiger partial charge in [-0.05, 0) is 53.2 Å². The third-order valence-electron chi connectivity index (χ3n) is 3.21. The average molecular weight is 319 g/mol. The third kappa shape index (κ3) is 3.29. The third-order valence-corrected chi connectivity index (χ3v) is 4.02. The monoisotopic (exact) mass is 317 g/mol. The highest BCUT2D eigenvalue weighted by molar-refractivity contribution is 9.10. The van der Waals surface area contributed by atoms with Crippen LogP contribution in [0.1, 0.15) is 32.6 Å². The molecule has 1 fully saturated rings. The van der Waals surface area contributed by atoms with Crippen LogP contribution < -0.4 is 10.5 Å². The molecular formula is C13H17BrClNO. The maximum Gasteiger partial charge on any atom is 0.156 e. The second kappa shape index (κ2) is 5.49. The Hall–Kier alpha value is -0.410. The van der Waals surface area contributed by atoms with Crippen LogP contribution in [0.4, 0.5) is 5.69 Å². The molecule has 1 aliphatic rings. The Labute approximate surface area is 116 Å². The van der Waals surface area contributed by atoms with Crippen LogP contribution in [0.25, 0.3) is 0 Å². The zero-order valence-corrected chi connectivity index (χ0v) is 12.2. The van der Waals surface area contributed by atoms with Gasteiger partial charge < -0.3 is 10.5 Å². The summed E-state index contributed by atoms with van der Waals surface area (Å²) in [7, 11) is 0. The fourth-order valence-corrected chi connectivity index (χ4v) is 3.28. The van der Waals surface area contributed by atoms with Crippen molar-refractivity contribution >= 4 is 33.2 Å². The number of anilines is 1. The Bertz CT molecular complexity index is 387. The molecule has 1 aromatic carbocycles. The van der Waals surface area contributed by atoms with E-state index in [4.69, 9.17) is 22.1 Å². The summed E-state index contributed by atoms with van der Waals surface area (Å²) in [5.41, 5.74) is 6.53. The van der Waals surface area contributed by atoms with Crippen LogP contribution in [0.15, 0.2) is 16.6 Å². The molecule has 0 bridgehead atoms. The van der Waals surface area contributed by atoms with E-state index >= 15 is 0 Å². The number of hydrogen-bond donors (Lipinski definition) is 1. The fourth-order valence-electron chi connectivity index (χ4n) is 2.36. The van der Waals surface area contributed by atoms with E-state index in [2.05, 4.69) is 22.9 Å². The number of halogens is 2. The first kappa shape index (κ1) is 13.0. The quantitative estimate of drug-likeness (QED) is 0.806. The molecule has 0 saturated heterocycles. The summed E-state index contributed by atoms with van der Waals surface area (Å²) in [5, 5.41) is 0.624. The number of nitrogens with two attached hydrogens (primary N) is 1. The van der Waals surface area contributed by atoms with Crippen LogP contribution in [-0.4, -0.2) is 6.10 Å². The van der Waals surface area contributed by atoms with Crippen molar-refractivity contribution in [1.29, 1.82) is 0 Å². The Morgan fingerprint density at radius 3 is 2.82 bits per heavy atom. The van der Waals surface area contributed by atoms with Gasteiger partial charge in [-0.15, -0.1) is 0 Å². The molecule has 2 atom stereocenters. The smallest absolute Gasteiger partial charge is 0.156 e. The minimum Gasteiger partial charge on any atom is -0.487 e. The highest BCUT2D eigenvalue weighted by atomic mass is 79.9. The Morgan fingerprint density at radius 2 is 2.18 bits per heavy atom. The van der Waals surface area contributed by atoms with Crippen molar-refractivity contribution in [2.75, 3.05) is 5.73 Å². The lowest BCUT2D eigenvalue weighted by atomic mass is 9.89. The van der Waals surface area contributed by atoms with Gasteiger partial charge in [-0.3, -0.25) is 0 Å². The van der Waals surface area contributed by atoms with Gasteiger partial charge in [0, 0.05) is 5.02 Å². The number of benzene rings is 1. The van der Waals surface area contributed by atoms with E-state index in [-0.39, 0.29) is 6.10 Å².